The van der Waals surface area contributed by atoms with Crippen LogP contribution in [0.4, 0.5) is 0 Å². The van der Waals surface area contributed by atoms with E-state index in [2.05, 4.69) is 43.4 Å². The molecule has 1 aliphatic rings. The molecule has 2 unspecified atom stereocenters. The summed E-state index contributed by atoms with van der Waals surface area (Å²) in [6.45, 7) is 6.32. The Hall–Kier alpha value is -0.860. The summed E-state index contributed by atoms with van der Waals surface area (Å²) in [5.41, 5.74) is 2.72. The molecule has 1 N–H and O–H groups in total. The van der Waals surface area contributed by atoms with Crippen molar-refractivity contribution >= 4 is 0 Å². The van der Waals surface area contributed by atoms with E-state index in [1.165, 1.54) is 24.0 Å². The molecule has 1 heterocycles. The second kappa shape index (κ2) is 6.18. The van der Waals surface area contributed by atoms with E-state index in [4.69, 9.17) is 4.74 Å². The third-order valence-corrected chi connectivity index (χ3v) is 3.40. The van der Waals surface area contributed by atoms with Crippen molar-refractivity contribution in [3.63, 3.8) is 0 Å². The molecule has 17 heavy (non-hydrogen) atoms. The number of rotatable bonds is 4. The Morgan fingerprint density at radius 2 is 1.94 bits per heavy atom. The molecule has 1 aliphatic heterocycles. The fraction of sp³-hybridized carbons (Fsp3) is 0.600. The zero-order chi connectivity index (χ0) is 12.1. The molecule has 0 radical (unpaired) electrons. The van der Waals surface area contributed by atoms with E-state index in [1.807, 2.05) is 0 Å². The van der Waals surface area contributed by atoms with Gasteiger partial charge in [-0.25, -0.2) is 0 Å². The second-order valence-electron chi connectivity index (χ2n) is 4.80. The van der Waals surface area contributed by atoms with Crippen LogP contribution in [0.25, 0.3) is 0 Å². The van der Waals surface area contributed by atoms with Gasteiger partial charge in [0, 0.05) is 13.1 Å². The molecule has 0 aromatic heterocycles. The maximum atomic E-state index is 6.06. The Morgan fingerprint density at radius 3 is 2.59 bits per heavy atom. The lowest BCUT2D eigenvalue weighted by Crippen LogP contribution is -2.40. The number of morpholine rings is 1. The highest BCUT2D eigenvalue weighted by Gasteiger charge is 2.21. The molecule has 2 heteroatoms. The first-order chi connectivity index (χ1) is 8.33. The fourth-order valence-corrected chi connectivity index (χ4v) is 2.33. The molecule has 0 aliphatic carbocycles. The van der Waals surface area contributed by atoms with Crippen molar-refractivity contribution < 1.29 is 4.74 Å². The number of hydrogen-bond acceptors (Lipinski definition) is 2. The van der Waals surface area contributed by atoms with Crippen LogP contribution in [0.15, 0.2) is 24.3 Å². The van der Waals surface area contributed by atoms with Gasteiger partial charge in [0.1, 0.15) is 0 Å². The van der Waals surface area contributed by atoms with Crippen LogP contribution in [0.5, 0.6) is 0 Å². The molecular formula is C15H23NO. The van der Waals surface area contributed by atoms with E-state index in [0.29, 0.717) is 6.10 Å². The monoisotopic (exact) mass is 233 g/mol. The van der Waals surface area contributed by atoms with Crippen LogP contribution in [-0.2, 0) is 11.2 Å². The standard InChI is InChI=1S/C15H23NO/c1-3-5-12-6-8-13(9-7-12)15-11-16-10-14(4-2)17-15/h6-9,14-16H,3-5,10-11H2,1-2H3. The zero-order valence-corrected chi connectivity index (χ0v) is 10.9. The zero-order valence-electron chi connectivity index (χ0n) is 10.9. The Kier molecular flexibility index (Phi) is 4.57. The Balaban J connectivity index is 2.01. The molecule has 2 rings (SSSR count). The average Bonchev–Trinajstić information content (AvgIpc) is 2.40. The Labute approximate surface area is 104 Å². The predicted octanol–water partition coefficient (Wildman–Crippen LogP) is 3.08. The fourth-order valence-electron chi connectivity index (χ4n) is 2.33. The molecule has 0 bridgehead atoms. The Morgan fingerprint density at radius 1 is 1.18 bits per heavy atom. The Bertz CT molecular complexity index is 333. The van der Waals surface area contributed by atoms with Crippen LogP contribution in [-0.4, -0.2) is 19.2 Å². The summed E-state index contributed by atoms with van der Waals surface area (Å²) in [4.78, 5) is 0. The van der Waals surface area contributed by atoms with Crippen molar-refractivity contribution in [2.24, 2.45) is 0 Å². The van der Waals surface area contributed by atoms with Gasteiger partial charge in [-0.3, -0.25) is 0 Å². The summed E-state index contributed by atoms with van der Waals surface area (Å²) >= 11 is 0. The second-order valence-corrected chi connectivity index (χ2v) is 4.80. The van der Waals surface area contributed by atoms with Gasteiger partial charge in [-0.2, -0.15) is 0 Å². The van der Waals surface area contributed by atoms with Crippen LogP contribution in [0.1, 0.15) is 43.9 Å². The van der Waals surface area contributed by atoms with Crippen molar-refractivity contribution in [1.29, 1.82) is 0 Å². The number of benzene rings is 1. The van der Waals surface area contributed by atoms with Crippen molar-refractivity contribution in [1.82, 2.24) is 5.32 Å². The SMILES string of the molecule is CCCc1ccc(C2CNCC(CC)O2)cc1. The normalized spacial score (nSPS) is 24.8. The number of hydrogen-bond donors (Lipinski definition) is 1. The molecular weight excluding hydrogens is 210 g/mol. The van der Waals surface area contributed by atoms with E-state index in [0.717, 1.165) is 19.5 Å². The largest absolute Gasteiger partial charge is 0.368 e. The van der Waals surface area contributed by atoms with Gasteiger partial charge in [0.25, 0.3) is 0 Å². The van der Waals surface area contributed by atoms with E-state index in [1.54, 1.807) is 0 Å². The average molecular weight is 233 g/mol. The quantitative estimate of drug-likeness (QED) is 0.863. The van der Waals surface area contributed by atoms with Gasteiger partial charge in [0.05, 0.1) is 12.2 Å². The topological polar surface area (TPSA) is 21.3 Å². The van der Waals surface area contributed by atoms with Gasteiger partial charge in [-0.1, -0.05) is 44.5 Å². The van der Waals surface area contributed by atoms with Gasteiger partial charge >= 0.3 is 0 Å². The smallest absolute Gasteiger partial charge is 0.0953 e. The molecule has 0 saturated carbocycles. The lowest BCUT2D eigenvalue weighted by Gasteiger charge is -2.30. The van der Waals surface area contributed by atoms with E-state index >= 15 is 0 Å². The molecule has 2 nitrogen and oxygen atoms in total. The van der Waals surface area contributed by atoms with Gasteiger partial charge in [-0.15, -0.1) is 0 Å². The van der Waals surface area contributed by atoms with Crippen molar-refractivity contribution in [3.05, 3.63) is 35.4 Å². The van der Waals surface area contributed by atoms with E-state index < -0.39 is 0 Å². The molecule has 2 atom stereocenters. The molecule has 0 amide bonds. The first kappa shape index (κ1) is 12.6. The lowest BCUT2D eigenvalue weighted by molar-refractivity contribution is -0.0399. The maximum Gasteiger partial charge on any atom is 0.0953 e. The molecule has 0 spiro atoms. The van der Waals surface area contributed by atoms with Crippen LogP contribution in [0.3, 0.4) is 0 Å². The molecule has 1 fully saturated rings. The highest BCUT2D eigenvalue weighted by Crippen LogP contribution is 2.23. The van der Waals surface area contributed by atoms with Crippen LogP contribution < -0.4 is 5.32 Å². The summed E-state index contributed by atoms with van der Waals surface area (Å²) in [6, 6.07) is 8.90. The minimum atomic E-state index is 0.226. The summed E-state index contributed by atoms with van der Waals surface area (Å²) in [5, 5.41) is 3.45. The lowest BCUT2D eigenvalue weighted by atomic mass is 10.0. The first-order valence-corrected chi connectivity index (χ1v) is 6.78. The van der Waals surface area contributed by atoms with Crippen molar-refractivity contribution in [2.75, 3.05) is 13.1 Å². The summed E-state index contributed by atoms with van der Waals surface area (Å²) in [7, 11) is 0. The third kappa shape index (κ3) is 3.30. The molecule has 1 aromatic carbocycles. The van der Waals surface area contributed by atoms with Gasteiger partial charge < -0.3 is 10.1 Å². The highest BCUT2D eigenvalue weighted by atomic mass is 16.5. The van der Waals surface area contributed by atoms with Gasteiger partial charge in [0.2, 0.25) is 0 Å². The number of nitrogens with one attached hydrogen (secondary N) is 1. The van der Waals surface area contributed by atoms with Gasteiger partial charge in [-0.05, 0) is 24.0 Å². The van der Waals surface area contributed by atoms with Crippen LogP contribution >= 0.6 is 0 Å². The maximum absolute atomic E-state index is 6.06. The summed E-state index contributed by atoms with van der Waals surface area (Å²) in [6.07, 6.45) is 4.05. The predicted molar refractivity (Wildman–Crippen MR) is 71.2 cm³/mol. The summed E-state index contributed by atoms with van der Waals surface area (Å²) < 4.78 is 6.06. The minimum Gasteiger partial charge on any atom is -0.368 e. The van der Waals surface area contributed by atoms with E-state index in [9.17, 15) is 0 Å². The minimum absolute atomic E-state index is 0.226. The van der Waals surface area contributed by atoms with Gasteiger partial charge in [0.15, 0.2) is 0 Å². The van der Waals surface area contributed by atoms with Crippen LogP contribution in [0, 0.1) is 0 Å². The van der Waals surface area contributed by atoms with Crippen molar-refractivity contribution in [3.8, 4) is 0 Å². The molecule has 1 saturated heterocycles. The van der Waals surface area contributed by atoms with E-state index in [-0.39, 0.29) is 6.10 Å². The number of aryl methyl sites for hydroxylation is 1. The number of ether oxygens (including phenoxy) is 1. The first-order valence-electron chi connectivity index (χ1n) is 6.78. The van der Waals surface area contributed by atoms with Crippen LogP contribution in [0.2, 0.25) is 0 Å². The summed E-state index contributed by atoms with van der Waals surface area (Å²) in [5.74, 6) is 0. The van der Waals surface area contributed by atoms with Crippen molar-refractivity contribution in [2.45, 2.75) is 45.3 Å². The third-order valence-electron chi connectivity index (χ3n) is 3.40. The highest BCUT2D eigenvalue weighted by molar-refractivity contribution is 5.25. The molecule has 94 valence electrons. The molecule has 1 aromatic rings.